The maximum Gasteiger partial charge on any atom is 0.374 e. The maximum atomic E-state index is 12.2. The maximum absolute atomic E-state index is 12.2. The molecule has 1 amide bonds. The Balaban J connectivity index is 1.28. The van der Waals surface area contributed by atoms with Crippen LogP contribution in [-0.4, -0.2) is 49.7 Å². The number of anilines is 2. The number of carbonyl (C=O) groups is 2. The van der Waals surface area contributed by atoms with Crippen molar-refractivity contribution >= 4 is 28.9 Å². The number of benzene rings is 2. The van der Waals surface area contributed by atoms with Crippen LogP contribution >= 0.6 is 0 Å². The number of ether oxygens (including phenoxy) is 2. The van der Waals surface area contributed by atoms with Crippen LogP contribution in [0.25, 0.3) is 11.3 Å². The highest BCUT2D eigenvalue weighted by molar-refractivity contribution is 5.94. The van der Waals surface area contributed by atoms with Crippen molar-refractivity contribution in [1.29, 1.82) is 0 Å². The predicted molar refractivity (Wildman–Crippen MR) is 119 cm³/mol. The largest absolute Gasteiger partial charge is 0.450 e. The molecule has 1 fully saturated rings. The molecule has 1 N–H and O–H groups in total. The first-order chi connectivity index (χ1) is 16.0. The summed E-state index contributed by atoms with van der Waals surface area (Å²) in [6, 6.07) is 16.1. The molecule has 2 heterocycles. The van der Waals surface area contributed by atoms with E-state index < -0.39 is 23.4 Å². The van der Waals surface area contributed by atoms with Gasteiger partial charge in [0.05, 0.1) is 18.1 Å². The minimum absolute atomic E-state index is 0.0494. The Morgan fingerprint density at radius 2 is 1.70 bits per heavy atom. The van der Waals surface area contributed by atoms with Gasteiger partial charge in [-0.15, -0.1) is 0 Å². The molecule has 0 spiro atoms. The Kier molecular flexibility index (Phi) is 6.65. The molecule has 1 aliphatic rings. The molecule has 2 aromatic carbocycles. The zero-order valence-corrected chi connectivity index (χ0v) is 17.6. The summed E-state index contributed by atoms with van der Waals surface area (Å²) in [4.78, 5) is 36.8. The molecular formula is C23H21N3O7. The number of amides is 1. The third kappa shape index (κ3) is 5.55. The summed E-state index contributed by atoms with van der Waals surface area (Å²) in [6.07, 6.45) is 0. The summed E-state index contributed by atoms with van der Waals surface area (Å²) in [5.74, 6) is -1.00. The Hall–Kier alpha value is -4.18. The van der Waals surface area contributed by atoms with Crippen LogP contribution in [-0.2, 0) is 14.3 Å². The van der Waals surface area contributed by atoms with Gasteiger partial charge in [-0.25, -0.2) is 4.79 Å². The smallest absolute Gasteiger partial charge is 0.374 e. The van der Waals surface area contributed by atoms with E-state index in [1.807, 2.05) is 12.1 Å². The summed E-state index contributed by atoms with van der Waals surface area (Å²) in [6.45, 7) is 2.54. The summed E-state index contributed by atoms with van der Waals surface area (Å²) in [5, 5.41) is 13.4. The molecule has 170 valence electrons. The molecule has 0 aliphatic carbocycles. The average Bonchev–Trinajstić information content (AvgIpc) is 3.34. The molecular weight excluding hydrogens is 430 g/mol. The van der Waals surface area contributed by atoms with E-state index in [0.29, 0.717) is 30.2 Å². The topological polar surface area (TPSA) is 124 Å². The van der Waals surface area contributed by atoms with Gasteiger partial charge in [0.25, 0.3) is 11.6 Å². The van der Waals surface area contributed by atoms with E-state index >= 15 is 0 Å². The number of rotatable bonds is 7. The van der Waals surface area contributed by atoms with Gasteiger partial charge in [0.2, 0.25) is 5.76 Å². The first-order valence-electron chi connectivity index (χ1n) is 10.2. The van der Waals surface area contributed by atoms with Crippen LogP contribution < -0.4 is 10.2 Å². The highest BCUT2D eigenvalue weighted by atomic mass is 16.6. The SMILES string of the molecule is O=C(COC(=O)c1ccc(-c2ccc([N+](=O)[O-])cc2)o1)Nc1ccc(N2CCOCC2)cc1. The number of hydrogen-bond donors (Lipinski definition) is 1. The second kappa shape index (κ2) is 9.96. The van der Waals surface area contributed by atoms with Crippen LogP contribution in [0.2, 0.25) is 0 Å². The summed E-state index contributed by atoms with van der Waals surface area (Å²) in [7, 11) is 0. The third-order valence-electron chi connectivity index (χ3n) is 5.03. The zero-order valence-electron chi connectivity index (χ0n) is 17.6. The van der Waals surface area contributed by atoms with E-state index in [0.717, 1.165) is 18.8 Å². The molecule has 1 aromatic heterocycles. The van der Waals surface area contributed by atoms with Gasteiger partial charge >= 0.3 is 5.97 Å². The van der Waals surface area contributed by atoms with Crippen molar-refractivity contribution in [3.05, 3.63) is 76.5 Å². The van der Waals surface area contributed by atoms with Gasteiger partial charge in [-0.05, 0) is 48.5 Å². The van der Waals surface area contributed by atoms with Gasteiger partial charge in [-0.1, -0.05) is 0 Å². The fourth-order valence-electron chi connectivity index (χ4n) is 3.33. The molecule has 0 saturated carbocycles. The fraction of sp³-hybridized carbons (Fsp3) is 0.217. The second-order valence-corrected chi connectivity index (χ2v) is 7.24. The van der Waals surface area contributed by atoms with Gasteiger partial charge in [-0.3, -0.25) is 14.9 Å². The number of esters is 1. The number of nitrogens with one attached hydrogen (secondary N) is 1. The molecule has 0 unspecified atom stereocenters. The molecule has 10 nitrogen and oxygen atoms in total. The lowest BCUT2D eigenvalue weighted by molar-refractivity contribution is -0.384. The summed E-state index contributed by atoms with van der Waals surface area (Å²) >= 11 is 0. The molecule has 3 aromatic rings. The highest BCUT2D eigenvalue weighted by Crippen LogP contribution is 2.25. The van der Waals surface area contributed by atoms with Crippen LogP contribution in [0.15, 0.2) is 65.1 Å². The number of furan rings is 1. The van der Waals surface area contributed by atoms with Crippen molar-refractivity contribution in [2.45, 2.75) is 0 Å². The van der Waals surface area contributed by atoms with Gasteiger partial charge in [-0.2, -0.15) is 0 Å². The minimum atomic E-state index is -0.791. The van der Waals surface area contributed by atoms with Gasteiger partial charge in [0.15, 0.2) is 6.61 Å². The number of nitro benzene ring substituents is 1. The molecule has 0 atom stereocenters. The Morgan fingerprint density at radius 1 is 1.00 bits per heavy atom. The molecule has 1 saturated heterocycles. The lowest BCUT2D eigenvalue weighted by Gasteiger charge is -2.28. The number of hydrogen-bond acceptors (Lipinski definition) is 8. The molecule has 0 bridgehead atoms. The van der Waals surface area contributed by atoms with E-state index in [-0.39, 0.29) is 11.4 Å². The normalized spacial score (nSPS) is 13.4. The van der Waals surface area contributed by atoms with Gasteiger partial charge in [0.1, 0.15) is 5.76 Å². The first kappa shape index (κ1) is 22.0. The highest BCUT2D eigenvalue weighted by Gasteiger charge is 2.16. The number of nitrogens with zero attached hydrogens (tertiary/aromatic N) is 2. The molecule has 4 rings (SSSR count). The lowest BCUT2D eigenvalue weighted by Crippen LogP contribution is -2.36. The van der Waals surface area contributed by atoms with Crippen LogP contribution in [0.3, 0.4) is 0 Å². The van der Waals surface area contributed by atoms with Crippen LogP contribution in [0.5, 0.6) is 0 Å². The van der Waals surface area contributed by atoms with E-state index in [1.165, 1.54) is 30.3 Å². The summed E-state index contributed by atoms with van der Waals surface area (Å²) in [5.41, 5.74) is 2.15. The molecule has 0 radical (unpaired) electrons. The first-order valence-corrected chi connectivity index (χ1v) is 10.2. The van der Waals surface area contributed by atoms with Crippen LogP contribution in [0.4, 0.5) is 17.1 Å². The average molecular weight is 451 g/mol. The Labute approximate surface area is 188 Å². The summed E-state index contributed by atoms with van der Waals surface area (Å²) < 4.78 is 15.8. The second-order valence-electron chi connectivity index (χ2n) is 7.24. The van der Waals surface area contributed by atoms with Crippen molar-refractivity contribution in [2.75, 3.05) is 43.1 Å². The number of carbonyl (C=O) groups excluding carboxylic acids is 2. The van der Waals surface area contributed by atoms with Crippen LogP contribution in [0.1, 0.15) is 10.6 Å². The third-order valence-corrected chi connectivity index (χ3v) is 5.03. The van der Waals surface area contributed by atoms with E-state index in [2.05, 4.69) is 10.2 Å². The van der Waals surface area contributed by atoms with Crippen molar-refractivity contribution in [1.82, 2.24) is 0 Å². The van der Waals surface area contributed by atoms with Crippen LogP contribution in [0, 0.1) is 10.1 Å². The zero-order chi connectivity index (χ0) is 23.2. The van der Waals surface area contributed by atoms with E-state index in [1.54, 1.807) is 18.2 Å². The minimum Gasteiger partial charge on any atom is -0.450 e. The fourth-order valence-corrected chi connectivity index (χ4v) is 3.33. The number of morpholine rings is 1. The van der Waals surface area contributed by atoms with Gasteiger partial charge < -0.3 is 24.1 Å². The number of non-ortho nitro benzene ring substituents is 1. The monoisotopic (exact) mass is 451 g/mol. The van der Waals surface area contributed by atoms with Crippen molar-refractivity contribution in [3.8, 4) is 11.3 Å². The molecule has 10 heteroatoms. The number of nitro groups is 1. The Morgan fingerprint density at radius 3 is 2.36 bits per heavy atom. The lowest BCUT2D eigenvalue weighted by atomic mass is 10.1. The van der Waals surface area contributed by atoms with E-state index in [4.69, 9.17) is 13.9 Å². The quantitative estimate of drug-likeness (QED) is 0.329. The standard InChI is InChI=1S/C23H21N3O7/c27-22(24-17-3-7-18(8-4-17)25-11-13-31-14-12-25)15-32-23(28)21-10-9-20(33-21)16-1-5-19(6-2-16)26(29)30/h1-10H,11-15H2,(H,24,27). The Bertz CT molecular complexity index is 1130. The van der Waals surface area contributed by atoms with Crippen molar-refractivity contribution < 1.29 is 28.4 Å². The van der Waals surface area contributed by atoms with Crippen molar-refractivity contribution in [3.63, 3.8) is 0 Å². The molecule has 33 heavy (non-hydrogen) atoms. The molecule has 1 aliphatic heterocycles. The van der Waals surface area contributed by atoms with Gasteiger partial charge in [0, 0.05) is 42.2 Å². The predicted octanol–water partition coefficient (Wildman–Crippen LogP) is 3.49. The van der Waals surface area contributed by atoms with E-state index in [9.17, 15) is 19.7 Å². The van der Waals surface area contributed by atoms with Crippen molar-refractivity contribution in [2.24, 2.45) is 0 Å².